The van der Waals surface area contributed by atoms with Crippen molar-refractivity contribution in [2.45, 2.75) is 11.8 Å². The molecule has 6 nitrogen and oxygen atoms in total. The minimum Gasteiger partial charge on any atom is -0.411 e. The highest BCUT2D eigenvalue weighted by Crippen LogP contribution is 2.22. The third-order valence-corrected chi connectivity index (χ3v) is 3.86. The van der Waals surface area contributed by atoms with Gasteiger partial charge in [-0.3, -0.25) is 9.78 Å². The van der Waals surface area contributed by atoms with E-state index in [1.54, 1.807) is 30.6 Å². The number of benzene rings is 1. The quantitative estimate of drug-likeness (QED) is 0.693. The summed E-state index contributed by atoms with van der Waals surface area (Å²) in [5.41, 5.74) is 1.55. The zero-order valence-electron chi connectivity index (χ0n) is 12.5. The van der Waals surface area contributed by atoms with Crippen molar-refractivity contribution in [3.05, 3.63) is 60.2 Å². The summed E-state index contributed by atoms with van der Waals surface area (Å²) in [5.74, 6) is 0.0276. The molecule has 2 heterocycles. The Morgan fingerprint density at radius 2 is 2.04 bits per heavy atom. The molecule has 1 amide bonds. The fourth-order valence-corrected chi connectivity index (χ4v) is 2.45. The van der Waals surface area contributed by atoms with Gasteiger partial charge in [-0.2, -0.15) is 0 Å². The van der Waals surface area contributed by atoms with Gasteiger partial charge in [0.1, 0.15) is 5.82 Å². The molecule has 122 valence electrons. The van der Waals surface area contributed by atoms with Crippen LogP contribution < -0.4 is 5.32 Å². The van der Waals surface area contributed by atoms with Gasteiger partial charge in [0.25, 0.3) is 5.22 Å². The largest absolute Gasteiger partial charge is 0.411 e. The van der Waals surface area contributed by atoms with Crippen molar-refractivity contribution in [1.29, 1.82) is 0 Å². The molecule has 3 aromatic rings. The molecule has 0 radical (unpaired) electrons. The van der Waals surface area contributed by atoms with Crippen LogP contribution >= 0.6 is 11.8 Å². The van der Waals surface area contributed by atoms with Crippen molar-refractivity contribution in [2.75, 3.05) is 5.75 Å². The van der Waals surface area contributed by atoms with E-state index < -0.39 is 0 Å². The highest BCUT2D eigenvalue weighted by molar-refractivity contribution is 7.99. The Bertz CT molecular complexity index is 808. The molecule has 24 heavy (non-hydrogen) atoms. The van der Waals surface area contributed by atoms with Gasteiger partial charge < -0.3 is 9.73 Å². The van der Waals surface area contributed by atoms with Gasteiger partial charge in [-0.25, -0.2) is 4.39 Å². The van der Waals surface area contributed by atoms with Crippen molar-refractivity contribution in [3.63, 3.8) is 0 Å². The summed E-state index contributed by atoms with van der Waals surface area (Å²) in [6.45, 7) is 0.338. The van der Waals surface area contributed by atoms with Crippen LogP contribution in [0.25, 0.3) is 11.5 Å². The van der Waals surface area contributed by atoms with Gasteiger partial charge in [-0.1, -0.05) is 23.9 Å². The number of hydrogen-bond acceptors (Lipinski definition) is 6. The maximum absolute atomic E-state index is 12.8. The summed E-state index contributed by atoms with van der Waals surface area (Å²) >= 11 is 1.15. The van der Waals surface area contributed by atoms with Gasteiger partial charge in [-0.15, -0.1) is 10.2 Å². The molecule has 3 rings (SSSR count). The van der Waals surface area contributed by atoms with Crippen LogP contribution in [0.4, 0.5) is 4.39 Å². The maximum atomic E-state index is 12.8. The maximum Gasteiger partial charge on any atom is 0.277 e. The number of halogens is 1. The number of aromatic nitrogens is 3. The lowest BCUT2D eigenvalue weighted by Crippen LogP contribution is -2.24. The van der Waals surface area contributed by atoms with Gasteiger partial charge in [0.2, 0.25) is 11.8 Å². The molecule has 0 fully saturated rings. The van der Waals surface area contributed by atoms with Crippen LogP contribution in [0.3, 0.4) is 0 Å². The number of hydrogen-bond donors (Lipinski definition) is 1. The van der Waals surface area contributed by atoms with E-state index in [-0.39, 0.29) is 17.5 Å². The molecule has 0 saturated carbocycles. The van der Waals surface area contributed by atoms with E-state index in [9.17, 15) is 9.18 Å². The van der Waals surface area contributed by atoms with Crippen LogP contribution in [0.1, 0.15) is 5.56 Å². The summed E-state index contributed by atoms with van der Waals surface area (Å²) in [4.78, 5) is 15.8. The number of nitrogens with one attached hydrogen (secondary N) is 1. The van der Waals surface area contributed by atoms with Crippen LogP contribution in [0.5, 0.6) is 0 Å². The Balaban J connectivity index is 1.48. The zero-order valence-corrected chi connectivity index (χ0v) is 13.3. The molecule has 1 aromatic carbocycles. The topological polar surface area (TPSA) is 80.9 Å². The van der Waals surface area contributed by atoms with Crippen LogP contribution in [-0.2, 0) is 11.3 Å². The molecule has 0 aliphatic carbocycles. The molecule has 0 bridgehead atoms. The molecular formula is C16H13FN4O2S. The van der Waals surface area contributed by atoms with Crippen molar-refractivity contribution >= 4 is 17.7 Å². The Morgan fingerprint density at radius 3 is 2.79 bits per heavy atom. The van der Waals surface area contributed by atoms with Crippen LogP contribution in [0.15, 0.2) is 58.4 Å². The lowest BCUT2D eigenvalue weighted by atomic mass is 10.2. The number of nitrogens with zero attached hydrogens (tertiary/aromatic N) is 3. The zero-order chi connectivity index (χ0) is 16.8. The molecule has 8 heteroatoms. The number of amides is 1. The van der Waals surface area contributed by atoms with Crippen LogP contribution in [0, 0.1) is 5.82 Å². The van der Waals surface area contributed by atoms with E-state index in [4.69, 9.17) is 4.42 Å². The second kappa shape index (κ2) is 7.69. The first-order valence-electron chi connectivity index (χ1n) is 7.08. The van der Waals surface area contributed by atoms with E-state index in [0.717, 1.165) is 22.9 Å². The third-order valence-electron chi connectivity index (χ3n) is 3.04. The first-order chi connectivity index (χ1) is 11.7. The minimum atomic E-state index is -0.304. The average molecular weight is 344 g/mol. The number of thioether (sulfide) groups is 1. The van der Waals surface area contributed by atoms with Crippen molar-refractivity contribution in [1.82, 2.24) is 20.5 Å². The molecule has 1 N–H and O–H groups in total. The summed E-state index contributed by atoms with van der Waals surface area (Å²) in [7, 11) is 0. The normalized spacial score (nSPS) is 10.5. The molecule has 0 aliphatic heterocycles. The van der Waals surface area contributed by atoms with Gasteiger partial charge in [-0.05, 0) is 29.8 Å². The fourth-order valence-electron chi connectivity index (χ4n) is 1.86. The summed E-state index contributed by atoms with van der Waals surface area (Å²) in [6.07, 6.45) is 3.28. The monoisotopic (exact) mass is 344 g/mol. The first-order valence-corrected chi connectivity index (χ1v) is 8.07. The van der Waals surface area contributed by atoms with Crippen LogP contribution in [-0.4, -0.2) is 26.8 Å². The Morgan fingerprint density at radius 1 is 1.21 bits per heavy atom. The predicted molar refractivity (Wildman–Crippen MR) is 86.5 cm³/mol. The van der Waals surface area contributed by atoms with E-state index in [1.807, 2.05) is 6.07 Å². The van der Waals surface area contributed by atoms with Gasteiger partial charge in [0.15, 0.2) is 0 Å². The van der Waals surface area contributed by atoms with Crippen molar-refractivity contribution < 1.29 is 13.6 Å². The molecular weight excluding hydrogens is 331 g/mol. The van der Waals surface area contributed by atoms with E-state index in [0.29, 0.717) is 17.7 Å². The Labute approximate surface area is 141 Å². The molecule has 0 aliphatic rings. The SMILES string of the molecule is O=C(CSc1nnc(-c2cccnc2)o1)NCc1ccc(F)cc1. The smallest absolute Gasteiger partial charge is 0.277 e. The van der Waals surface area contributed by atoms with E-state index in [1.165, 1.54) is 12.1 Å². The second-order valence-electron chi connectivity index (χ2n) is 4.81. The predicted octanol–water partition coefficient (Wildman–Crippen LogP) is 2.68. The van der Waals surface area contributed by atoms with Crippen LogP contribution in [0.2, 0.25) is 0 Å². The van der Waals surface area contributed by atoms with E-state index in [2.05, 4.69) is 20.5 Å². The van der Waals surface area contributed by atoms with Gasteiger partial charge in [0.05, 0.1) is 11.3 Å². The number of rotatable bonds is 6. The number of pyridine rings is 1. The molecule has 0 saturated heterocycles. The lowest BCUT2D eigenvalue weighted by Gasteiger charge is -2.04. The second-order valence-corrected chi connectivity index (χ2v) is 5.73. The summed E-state index contributed by atoms with van der Waals surface area (Å²) in [5, 5.41) is 10.9. The van der Waals surface area contributed by atoms with Gasteiger partial charge in [0, 0.05) is 18.9 Å². The summed E-state index contributed by atoms with van der Waals surface area (Å²) < 4.78 is 18.3. The minimum absolute atomic E-state index is 0.149. The number of carbonyl (C=O) groups excluding carboxylic acids is 1. The first kappa shape index (κ1) is 16.1. The average Bonchev–Trinajstić information content (AvgIpc) is 3.09. The molecule has 2 aromatic heterocycles. The van der Waals surface area contributed by atoms with E-state index >= 15 is 0 Å². The fraction of sp³-hybridized carbons (Fsp3) is 0.125. The third kappa shape index (κ3) is 4.39. The summed E-state index contributed by atoms with van der Waals surface area (Å²) in [6, 6.07) is 9.55. The molecule has 0 unspecified atom stereocenters. The van der Waals surface area contributed by atoms with Gasteiger partial charge >= 0.3 is 0 Å². The lowest BCUT2D eigenvalue weighted by molar-refractivity contribution is -0.118. The highest BCUT2D eigenvalue weighted by atomic mass is 32.2. The van der Waals surface area contributed by atoms with Crippen molar-refractivity contribution in [3.8, 4) is 11.5 Å². The Kier molecular flexibility index (Phi) is 5.17. The van der Waals surface area contributed by atoms with Crippen molar-refractivity contribution in [2.24, 2.45) is 0 Å². The highest BCUT2D eigenvalue weighted by Gasteiger charge is 2.11. The Hall–Kier alpha value is -2.74. The molecule has 0 spiro atoms. The number of carbonyl (C=O) groups is 1. The standard InChI is InChI=1S/C16H13FN4O2S/c17-13-5-3-11(4-6-13)8-19-14(22)10-24-16-21-20-15(23-16)12-2-1-7-18-9-12/h1-7,9H,8,10H2,(H,19,22). The molecule has 0 atom stereocenters.